The average Bonchev–Trinajstić information content (AvgIpc) is 3.33. The molecule has 0 aliphatic heterocycles. The van der Waals surface area contributed by atoms with Gasteiger partial charge in [0.05, 0.1) is 14.2 Å². The van der Waals surface area contributed by atoms with Crippen LogP contribution in [0.25, 0.3) is 0 Å². The van der Waals surface area contributed by atoms with Gasteiger partial charge in [-0.05, 0) is 37.9 Å². The number of ether oxygens (including phenoxy) is 3. The quantitative estimate of drug-likeness (QED) is 0.769. The maximum absolute atomic E-state index is 12.1. The highest BCUT2D eigenvalue weighted by molar-refractivity contribution is 5.82. The number of hydrogen-bond acceptors (Lipinski definition) is 5. The van der Waals surface area contributed by atoms with Gasteiger partial charge in [-0.1, -0.05) is 12.1 Å². The van der Waals surface area contributed by atoms with Crippen LogP contribution in [0.4, 0.5) is 0 Å². The van der Waals surface area contributed by atoms with Gasteiger partial charge < -0.3 is 19.5 Å². The van der Waals surface area contributed by atoms with Gasteiger partial charge in [-0.3, -0.25) is 0 Å². The maximum atomic E-state index is 12.1. The van der Waals surface area contributed by atoms with Gasteiger partial charge in [0, 0.05) is 0 Å². The van der Waals surface area contributed by atoms with Gasteiger partial charge in [0.25, 0.3) is 0 Å². The lowest BCUT2D eigenvalue weighted by Gasteiger charge is -2.30. The minimum absolute atomic E-state index is 0.223. The van der Waals surface area contributed by atoms with E-state index in [1.165, 1.54) is 7.11 Å². The number of esters is 1. The number of benzene rings is 1. The van der Waals surface area contributed by atoms with E-state index in [9.17, 15) is 4.79 Å². The summed E-state index contributed by atoms with van der Waals surface area (Å²) in [6.45, 7) is 0.223. The van der Waals surface area contributed by atoms with Crippen molar-refractivity contribution in [1.29, 1.82) is 0 Å². The maximum Gasteiger partial charge on any atom is 0.329 e. The number of carbonyl (C=O) groups is 1. The van der Waals surface area contributed by atoms with Crippen molar-refractivity contribution < 1.29 is 19.0 Å². The fourth-order valence-corrected chi connectivity index (χ4v) is 2.41. The molecule has 1 aliphatic rings. The zero-order valence-electron chi connectivity index (χ0n) is 12.1. The first-order chi connectivity index (χ1) is 9.67. The number of hydrogen-bond donors (Lipinski definition) is 1. The molecule has 0 aromatic heterocycles. The minimum atomic E-state index is -0.782. The van der Waals surface area contributed by atoms with E-state index in [1.54, 1.807) is 14.2 Å². The molecule has 1 saturated carbocycles. The molecule has 1 atom stereocenters. The normalized spacial score (nSPS) is 17.1. The summed E-state index contributed by atoms with van der Waals surface area (Å²) in [7, 11) is 4.76. The van der Waals surface area contributed by atoms with E-state index in [0.717, 1.165) is 12.8 Å². The van der Waals surface area contributed by atoms with Crippen LogP contribution in [0, 0.1) is 5.92 Å². The summed E-state index contributed by atoms with van der Waals surface area (Å²) in [6, 6.07) is 7.39. The van der Waals surface area contributed by atoms with Crippen LogP contribution in [0.1, 0.15) is 12.8 Å². The Morgan fingerprint density at radius 3 is 2.45 bits per heavy atom. The third kappa shape index (κ3) is 2.72. The second-order valence-corrected chi connectivity index (χ2v) is 4.93. The van der Waals surface area contributed by atoms with Gasteiger partial charge in [0.2, 0.25) is 0 Å². The molecule has 0 spiro atoms. The molecule has 5 heteroatoms. The minimum Gasteiger partial charge on any atom is -0.493 e. The molecule has 1 aromatic rings. The van der Waals surface area contributed by atoms with Gasteiger partial charge in [-0.15, -0.1) is 0 Å². The summed E-state index contributed by atoms with van der Waals surface area (Å²) in [5.74, 6) is 1.25. The lowest BCUT2D eigenvalue weighted by molar-refractivity contribution is -0.151. The average molecular weight is 279 g/mol. The molecule has 1 N–H and O–H groups in total. The van der Waals surface area contributed by atoms with E-state index >= 15 is 0 Å². The van der Waals surface area contributed by atoms with Crippen LogP contribution in [0.2, 0.25) is 0 Å². The molecule has 0 saturated heterocycles. The Morgan fingerprint density at radius 1 is 1.30 bits per heavy atom. The molecule has 2 rings (SSSR count). The van der Waals surface area contributed by atoms with Crippen LogP contribution in [0.15, 0.2) is 24.3 Å². The number of nitrogens with one attached hydrogen (secondary N) is 1. The highest BCUT2D eigenvalue weighted by Gasteiger charge is 2.52. The van der Waals surface area contributed by atoms with Crippen LogP contribution in [-0.2, 0) is 9.53 Å². The van der Waals surface area contributed by atoms with Crippen molar-refractivity contribution in [3.05, 3.63) is 24.3 Å². The molecule has 0 radical (unpaired) electrons. The first-order valence-electron chi connectivity index (χ1n) is 6.71. The number of carbonyl (C=O) groups excluding carboxylic acids is 1. The van der Waals surface area contributed by atoms with E-state index < -0.39 is 5.54 Å². The molecule has 1 unspecified atom stereocenters. The van der Waals surface area contributed by atoms with Crippen LogP contribution >= 0.6 is 0 Å². The lowest BCUT2D eigenvalue weighted by atomic mass is 9.94. The Morgan fingerprint density at radius 2 is 1.95 bits per heavy atom. The Hall–Kier alpha value is -1.75. The summed E-state index contributed by atoms with van der Waals surface area (Å²) in [4.78, 5) is 12.1. The molecule has 0 heterocycles. The molecule has 5 nitrogen and oxygen atoms in total. The van der Waals surface area contributed by atoms with Crippen LogP contribution in [-0.4, -0.2) is 39.4 Å². The predicted molar refractivity (Wildman–Crippen MR) is 75.0 cm³/mol. The first-order valence-corrected chi connectivity index (χ1v) is 6.71. The van der Waals surface area contributed by atoms with Crippen molar-refractivity contribution in [1.82, 2.24) is 5.32 Å². The summed E-state index contributed by atoms with van der Waals surface area (Å²) < 4.78 is 16.0. The van der Waals surface area contributed by atoms with Crippen molar-refractivity contribution in [2.45, 2.75) is 18.4 Å². The molecular weight excluding hydrogens is 258 g/mol. The van der Waals surface area contributed by atoms with E-state index in [0.29, 0.717) is 11.5 Å². The molecule has 0 amide bonds. The Kier molecular flexibility index (Phi) is 4.49. The van der Waals surface area contributed by atoms with Crippen LogP contribution in [0.5, 0.6) is 11.5 Å². The highest BCUT2D eigenvalue weighted by Crippen LogP contribution is 2.41. The molecule has 0 bridgehead atoms. The van der Waals surface area contributed by atoms with Crippen LogP contribution in [0.3, 0.4) is 0 Å². The second kappa shape index (κ2) is 6.13. The zero-order chi connectivity index (χ0) is 14.6. The molecule has 1 fully saturated rings. The third-order valence-corrected chi connectivity index (χ3v) is 3.79. The van der Waals surface area contributed by atoms with Gasteiger partial charge >= 0.3 is 5.97 Å². The monoisotopic (exact) mass is 279 g/mol. The highest BCUT2D eigenvalue weighted by atomic mass is 16.5. The SMILES string of the molecule is CNC(COc1ccccc1OC)(C(=O)OC)C1CC1. The fourth-order valence-electron chi connectivity index (χ4n) is 2.41. The topological polar surface area (TPSA) is 56.8 Å². The van der Waals surface area contributed by atoms with Crippen molar-refractivity contribution in [3.8, 4) is 11.5 Å². The van der Waals surface area contributed by atoms with Crippen LogP contribution < -0.4 is 14.8 Å². The third-order valence-electron chi connectivity index (χ3n) is 3.79. The van der Waals surface area contributed by atoms with Gasteiger partial charge in [-0.2, -0.15) is 0 Å². The van der Waals surface area contributed by atoms with Gasteiger partial charge in [0.1, 0.15) is 6.61 Å². The van der Waals surface area contributed by atoms with Crippen molar-refractivity contribution in [3.63, 3.8) is 0 Å². The van der Waals surface area contributed by atoms with E-state index in [4.69, 9.17) is 14.2 Å². The smallest absolute Gasteiger partial charge is 0.329 e. The van der Waals surface area contributed by atoms with E-state index in [-0.39, 0.29) is 18.5 Å². The summed E-state index contributed by atoms with van der Waals surface area (Å²) in [5, 5.41) is 3.10. The van der Waals surface area contributed by atoms with Gasteiger partial charge in [0.15, 0.2) is 17.0 Å². The molecule has 20 heavy (non-hydrogen) atoms. The molecular formula is C15H21NO4. The van der Waals surface area contributed by atoms with Crippen molar-refractivity contribution >= 4 is 5.97 Å². The fraction of sp³-hybridized carbons (Fsp3) is 0.533. The standard InChI is InChI=1S/C15H21NO4/c1-16-15(11-8-9-11,14(17)19-3)10-20-13-7-5-4-6-12(13)18-2/h4-7,11,16H,8-10H2,1-3H3. The summed E-state index contributed by atoms with van der Waals surface area (Å²) in [5.41, 5.74) is -0.782. The van der Waals surface area contributed by atoms with Gasteiger partial charge in [-0.25, -0.2) is 4.79 Å². The van der Waals surface area contributed by atoms with E-state index in [1.807, 2.05) is 24.3 Å². The number of methoxy groups -OCH3 is 2. The van der Waals surface area contributed by atoms with Crippen molar-refractivity contribution in [2.75, 3.05) is 27.9 Å². The Bertz CT molecular complexity index is 473. The van der Waals surface area contributed by atoms with E-state index in [2.05, 4.69) is 5.32 Å². The lowest BCUT2D eigenvalue weighted by Crippen LogP contribution is -2.57. The largest absolute Gasteiger partial charge is 0.493 e. The number of rotatable bonds is 7. The number of likely N-dealkylation sites (N-methyl/N-ethyl adjacent to an activating group) is 1. The first kappa shape index (κ1) is 14.7. The predicted octanol–water partition coefficient (Wildman–Crippen LogP) is 1.62. The molecule has 110 valence electrons. The number of para-hydroxylation sites is 2. The summed E-state index contributed by atoms with van der Waals surface area (Å²) in [6.07, 6.45) is 2.01. The Balaban J connectivity index is 2.14. The molecule has 1 aliphatic carbocycles. The second-order valence-electron chi connectivity index (χ2n) is 4.93. The van der Waals surface area contributed by atoms with Crippen molar-refractivity contribution in [2.24, 2.45) is 5.92 Å². The molecule has 1 aromatic carbocycles. The zero-order valence-corrected chi connectivity index (χ0v) is 12.1. The Labute approximate surface area is 119 Å². The summed E-state index contributed by atoms with van der Waals surface area (Å²) >= 11 is 0.